The number of nitrogens with zero attached hydrogens (tertiary/aromatic N) is 1. The van der Waals surface area contributed by atoms with E-state index in [1.807, 2.05) is 0 Å². The summed E-state index contributed by atoms with van der Waals surface area (Å²) in [5.41, 5.74) is 1.16. The molecule has 0 aliphatic rings. The van der Waals surface area contributed by atoms with Crippen molar-refractivity contribution < 1.29 is 18.3 Å². The van der Waals surface area contributed by atoms with E-state index in [9.17, 15) is 13.6 Å². The van der Waals surface area contributed by atoms with Gasteiger partial charge < -0.3 is 4.74 Å². The highest BCUT2D eigenvalue weighted by atomic mass is 19.3. The second-order valence-electron chi connectivity index (χ2n) is 2.70. The molecule has 1 rings (SSSR count). The van der Waals surface area contributed by atoms with E-state index in [2.05, 4.69) is 10.6 Å². The van der Waals surface area contributed by atoms with Crippen molar-refractivity contribution in [2.24, 2.45) is 5.84 Å². The average Bonchev–Trinajstić information content (AvgIpc) is 2.28. The first-order valence-electron chi connectivity index (χ1n) is 4.08. The minimum Gasteiger partial charge on any atom is -0.424 e. The normalized spacial score (nSPS) is 10.4. The van der Waals surface area contributed by atoms with Crippen molar-refractivity contribution in [3.05, 3.63) is 29.8 Å². The quantitative estimate of drug-likeness (QED) is 0.447. The Morgan fingerprint density at radius 1 is 1.50 bits per heavy atom. The fraction of sp³-hybridized carbons (Fsp3) is 0.111. The van der Waals surface area contributed by atoms with Crippen LogP contribution in [0.1, 0.15) is 5.56 Å². The zero-order valence-corrected chi connectivity index (χ0v) is 7.91. The summed E-state index contributed by atoms with van der Waals surface area (Å²) < 4.78 is 30.1. The lowest BCUT2D eigenvalue weighted by Gasteiger charge is -2.16. The highest BCUT2D eigenvalue weighted by molar-refractivity contribution is 5.81. The molecule has 84 valence electrons. The maximum absolute atomic E-state index is 13.0. The first kappa shape index (κ1) is 11.9. The van der Waals surface area contributed by atoms with Gasteiger partial charge in [0.2, 0.25) is 0 Å². The van der Waals surface area contributed by atoms with Crippen LogP contribution in [0.15, 0.2) is 24.3 Å². The molecule has 1 amide bonds. The van der Waals surface area contributed by atoms with Crippen LogP contribution in [0.3, 0.4) is 0 Å². The zero-order chi connectivity index (χ0) is 12.2. The molecule has 1 aromatic rings. The number of halogens is 2. The molecule has 0 spiro atoms. The Labute approximate surface area is 89.4 Å². The number of ether oxygens (including phenoxy) is 1. The number of nitrogens with one attached hydrogen (secondary N) is 1. The van der Waals surface area contributed by atoms with E-state index < -0.39 is 17.8 Å². The number of para-hydroxylation sites is 1. The van der Waals surface area contributed by atoms with Crippen LogP contribution in [-0.4, -0.2) is 12.0 Å². The van der Waals surface area contributed by atoms with Gasteiger partial charge in [0, 0.05) is 0 Å². The van der Waals surface area contributed by atoms with E-state index in [0.717, 1.165) is 6.07 Å². The third-order valence-electron chi connectivity index (χ3n) is 1.64. The predicted octanol–water partition coefficient (Wildman–Crippen LogP) is 0.520. The molecular formula is C9H7F2N3O2. The van der Waals surface area contributed by atoms with Crippen LogP contribution in [0, 0.1) is 11.3 Å². The molecule has 0 radical (unpaired) electrons. The third-order valence-corrected chi connectivity index (χ3v) is 1.64. The number of amides is 1. The molecular weight excluding hydrogens is 220 g/mol. The van der Waals surface area contributed by atoms with E-state index in [-0.39, 0.29) is 5.56 Å². The van der Waals surface area contributed by atoms with Gasteiger partial charge in [-0.05, 0) is 12.1 Å². The molecule has 0 saturated heterocycles. The summed E-state index contributed by atoms with van der Waals surface area (Å²) in [5, 5.41) is 8.61. The lowest BCUT2D eigenvalue weighted by Crippen LogP contribution is -2.47. The number of rotatable bonds is 3. The van der Waals surface area contributed by atoms with Crippen molar-refractivity contribution in [2.45, 2.75) is 6.11 Å². The molecule has 0 unspecified atom stereocenters. The van der Waals surface area contributed by atoms with Crippen LogP contribution in [0.5, 0.6) is 5.75 Å². The minimum atomic E-state index is -4.12. The van der Waals surface area contributed by atoms with Crippen molar-refractivity contribution in [3.63, 3.8) is 0 Å². The maximum atomic E-state index is 13.0. The third kappa shape index (κ3) is 2.43. The first-order valence-corrected chi connectivity index (χ1v) is 4.08. The van der Waals surface area contributed by atoms with Crippen LogP contribution in [0.4, 0.5) is 8.78 Å². The van der Waals surface area contributed by atoms with Gasteiger partial charge in [-0.15, -0.1) is 0 Å². The number of nitriles is 1. The van der Waals surface area contributed by atoms with Gasteiger partial charge in [-0.25, -0.2) is 5.84 Å². The van der Waals surface area contributed by atoms with E-state index in [0.29, 0.717) is 0 Å². The fourth-order valence-electron chi connectivity index (χ4n) is 0.916. The number of hydrogen-bond donors (Lipinski definition) is 2. The average molecular weight is 227 g/mol. The number of hydrogen-bond acceptors (Lipinski definition) is 4. The van der Waals surface area contributed by atoms with Crippen molar-refractivity contribution in [3.8, 4) is 11.8 Å². The van der Waals surface area contributed by atoms with E-state index in [4.69, 9.17) is 5.26 Å². The summed E-state index contributed by atoms with van der Waals surface area (Å²) in [6.07, 6.45) is -4.12. The van der Waals surface area contributed by atoms with Crippen LogP contribution >= 0.6 is 0 Å². The molecule has 0 heterocycles. The molecule has 3 N–H and O–H groups in total. The topological polar surface area (TPSA) is 88.1 Å². The molecule has 5 nitrogen and oxygen atoms in total. The van der Waals surface area contributed by atoms with Crippen LogP contribution < -0.4 is 16.0 Å². The van der Waals surface area contributed by atoms with Gasteiger partial charge in [-0.1, -0.05) is 12.1 Å². The number of carbonyl (C=O) groups is 1. The SMILES string of the molecule is N#Cc1ccccc1OC(F)(F)C(=O)NN. The molecule has 7 heteroatoms. The second-order valence-corrected chi connectivity index (χ2v) is 2.70. The van der Waals surface area contributed by atoms with Crippen molar-refractivity contribution in [1.29, 1.82) is 5.26 Å². The Hall–Kier alpha value is -2.20. The minimum absolute atomic E-state index is 0.105. The molecule has 0 aliphatic heterocycles. The summed E-state index contributed by atoms with van der Waals surface area (Å²) in [5.74, 6) is 2.38. The second kappa shape index (κ2) is 4.55. The summed E-state index contributed by atoms with van der Waals surface area (Å²) in [4.78, 5) is 10.6. The molecule has 0 aliphatic carbocycles. The number of benzene rings is 1. The van der Waals surface area contributed by atoms with E-state index >= 15 is 0 Å². The van der Waals surface area contributed by atoms with E-state index in [1.165, 1.54) is 23.6 Å². The monoisotopic (exact) mass is 227 g/mol. The van der Waals surface area contributed by atoms with Crippen molar-refractivity contribution in [2.75, 3.05) is 0 Å². The highest BCUT2D eigenvalue weighted by Gasteiger charge is 2.42. The van der Waals surface area contributed by atoms with Gasteiger partial charge in [-0.2, -0.15) is 14.0 Å². The van der Waals surface area contributed by atoms with Crippen LogP contribution in [0.25, 0.3) is 0 Å². The van der Waals surface area contributed by atoms with Gasteiger partial charge in [0.15, 0.2) is 0 Å². The van der Waals surface area contributed by atoms with Crippen molar-refractivity contribution >= 4 is 5.91 Å². The summed E-state index contributed by atoms with van der Waals surface area (Å²) in [6.45, 7) is 0. The van der Waals surface area contributed by atoms with E-state index in [1.54, 1.807) is 6.07 Å². The van der Waals surface area contributed by atoms with Crippen molar-refractivity contribution in [1.82, 2.24) is 5.43 Å². The van der Waals surface area contributed by atoms with Gasteiger partial charge in [0.1, 0.15) is 11.8 Å². The summed E-state index contributed by atoms with van der Waals surface area (Å²) in [6, 6.07) is 6.96. The van der Waals surface area contributed by atoms with Gasteiger partial charge in [0.05, 0.1) is 5.56 Å². The number of carbonyl (C=O) groups excluding carboxylic acids is 1. The Balaban J connectivity index is 2.97. The smallest absolute Gasteiger partial charge is 0.424 e. The van der Waals surface area contributed by atoms with Crippen LogP contribution in [-0.2, 0) is 4.79 Å². The first-order chi connectivity index (χ1) is 7.51. The number of hydrazine groups is 1. The molecule has 0 bridgehead atoms. The summed E-state index contributed by atoms with van der Waals surface area (Å²) >= 11 is 0. The Kier molecular flexibility index (Phi) is 3.37. The largest absolute Gasteiger partial charge is 0.483 e. The Bertz CT molecular complexity index is 443. The number of alkyl halides is 2. The molecule has 0 aromatic heterocycles. The van der Waals surface area contributed by atoms with Crippen LogP contribution in [0.2, 0.25) is 0 Å². The molecule has 1 aromatic carbocycles. The van der Waals surface area contributed by atoms with Gasteiger partial charge >= 0.3 is 12.0 Å². The zero-order valence-electron chi connectivity index (χ0n) is 7.91. The molecule has 0 fully saturated rings. The van der Waals surface area contributed by atoms with Gasteiger partial charge in [-0.3, -0.25) is 10.2 Å². The number of nitrogens with two attached hydrogens (primary N) is 1. The van der Waals surface area contributed by atoms with Gasteiger partial charge in [0.25, 0.3) is 0 Å². The molecule has 16 heavy (non-hydrogen) atoms. The summed E-state index contributed by atoms with van der Waals surface area (Å²) in [7, 11) is 0. The fourth-order valence-corrected chi connectivity index (χ4v) is 0.916. The lowest BCUT2D eigenvalue weighted by atomic mass is 10.2. The Morgan fingerprint density at radius 3 is 2.69 bits per heavy atom. The molecule has 0 saturated carbocycles. The Morgan fingerprint density at radius 2 is 2.12 bits per heavy atom. The molecule has 0 atom stereocenters. The highest BCUT2D eigenvalue weighted by Crippen LogP contribution is 2.24. The standard InChI is InChI=1S/C9H7F2N3O2/c10-9(11,8(15)14-13)16-7-4-2-1-3-6(7)5-12/h1-4H,13H2,(H,14,15). The predicted molar refractivity (Wildman–Crippen MR) is 49.1 cm³/mol. The lowest BCUT2D eigenvalue weighted by molar-refractivity contribution is -0.192. The maximum Gasteiger partial charge on any atom is 0.483 e.